The minimum atomic E-state index is -0.599. The fourth-order valence-electron chi connectivity index (χ4n) is 1.60. The van der Waals surface area contributed by atoms with Crippen molar-refractivity contribution in [3.63, 3.8) is 0 Å². The summed E-state index contributed by atoms with van der Waals surface area (Å²) in [5, 5.41) is 9.82. The number of halogens is 1. The van der Waals surface area contributed by atoms with Crippen LogP contribution >= 0.6 is 11.6 Å². The SMILES string of the molecule is CC(O)C#Cc1ccc(-c2cccc(Cl)c2)cc1. The van der Waals surface area contributed by atoms with Crippen molar-refractivity contribution in [3.05, 3.63) is 59.1 Å². The molecule has 1 nitrogen and oxygen atoms in total. The maximum Gasteiger partial charge on any atom is 0.112 e. The number of benzene rings is 2. The maximum atomic E-state index is 9.09. The van der Waals surface area contributed by atoms with Gasteiger partial charge in [-0.3, -0.25) is 0 Å². The Hall–Kier alpha value is -1.75. The summed E-state index contributed by atoms with van der Waals surface area (Å²) >= 11 is 5.96. The second-order valence-electron chi connectivity index (χ2n) is 4.03. The molecule has 0 fully saturated rings. The highest BCUT2D eigenvalue weighted by molar-refractivity contribution is 6.30. The third-order valence-electron chi connectivity index (χ3n) is 2.47. The zero-order valence-corrected chi connectivity index (χ0v) is 10.8. The van der Waals surface area contributed by atoms with Crippen LogP contribution in [-0.2, 0) is 0 Å². The van der Waals surface area contributed by atoms with Crippen LogP contribution in [0.3, 0.4) is 0 Å². The van der Waals surface area contributed by atoms with Crippen LogP contribution in [0, 0.1) is 11.8 Å². The summed E-state index contributed by atoms with van der Waals surface area (Å²) in [7, 11) is 0. The van der Waals surface area contributed by atoms with Gasteiger partial charge < -0.3 is 5.11 Å². The number of aliphatic hydroxyl groups is 1. The Morgan fingerprint density at radius 1 is 1.06 bits per heavy atom. The molecule has 2 aromatic carbocycles. The van der Waals surface area contributed by atoms with Gasteiger partial charge in [0.2, 0.25) is 0 Å². The van der Waals surface area contributed by atoms with Crippen molar-refractivity contribution in [3.8, 4) is 23.0 Å². The molecule has 1 unspecified atom stereocenters. The topological polar surface area (TPSA) is 20.2 Å². The van der Waals surface area contributed by atoms with Gasteiger partial charge in [-0.15, -0.1) is 0 Å². The smallest absolute Gasteiger partial charge is 0.112 e. The van der Waals surface area contributed by atoms with E-state index in [2.05, 4.69) is 11.8 Å². The molecule has 2 rings (SSSR count). The summed E-state index contributed by atoms with van der Waals surface area (Å²) in [6.07, 6.45) is -0.599. The molecule has 0 radical (unpaired) electrons. The Kier molecular flexibility index (Phi) is 4.04. The molecule has 0 heterocycles. The van der Waals surface area contributed by atoms with E-state index in [1.165, 1.54) is 0 Å². The van der Waals surface area contributed by atoms with E-state index in [9.17, 15) is 0 Å². The third kappa shape index (κ3) is 3.37. The first-order chi connectivity index (χ1) is 8.65. The highest BCUT2D eigenvalue weighted by atomic mass is 35.5. The molecule has 0 aliphatic carbocycles. The van der Waals surface area contributed by atoms with Crippen molar-refractivity contribution in [1.29, 1.82) is 0 Å². The second kappa shape index (κ2) is 5.73. The molecule has 0 amide bonds. The Morgan fingerprint density at radius 2 is 1.78 bits per heavy atom. The van der Waals surface area contributed by atoms with E-state index in [1.54, 1.807) is 6.92 Å². The second-order valence-corrected chi connectivity index (χ2v) is 4.47. The minimum Gasteiger partial charge on any atom is -0.381 e. The van der Waals surface area contributed by atoms with Gasteiger partial charge in [0.15, 0.2) is 0 Å². The van der Waals surface area contributed by atoms with Crippen LogP contribution < -0.4 is 0 Å². The van der Waals surface area contributed by atoms with Crippen molar-refractivity contribution in [2.24, 2.45) is 0 Å². The Labute approximate surface area is 112 Å². The standard InChI is InChI=1S/C16H13ClO/c1-12(18)5-6-13-7-9-14(10-8-13)15-3-2-4-16(17)11-15/h2-4,7-12,18H,1H3. The fourth-order valence-corrected chi connectivity index (χ4v) is 1.79. The number of hydrogen-bond acceptors (Lipinski definition) is 1. The summed E-state index contributed by atoms with van der Waals surface area (Å²) in [6, 6.07) is 15.6. The molecular weight excluding hydrogens is 244 g/mol. The Bertz CT molecular complexity index is 588. The van der Waals surface area contributed by atoms with Gasteiger partial charge in [-0.25, -0.2) is 0 Å². The monoisotopic (exact) mass is 256 g/mol. The van der Waals surface area contributed by atoms with Crippen molar-refractivity contribution in [2.75, 3.05) is 0 Å². The lowest BCUT2D eigenvalue weighted by Crippen LogP contribution is -1.92. The molecule has 0 bridgehead atoms. The fraction of sp³-hybridized carbons (Fsp3) is 0.125. The molecule has 0 spiro atoms. The Morgan fingerprint density at radius 3 is 2.39 bits per heavy atom. The van der Waals surface area contributed by atoms with Gasteiger partial charge in [0.1, 0.15) is 6.10 Å². The summed E-state index contributed by atoms with van der Waals surface area (Å²) < 4.78 is 0. The van der Waals surface area contributed by atoms with Crippen LogP contribution in [0.25, 0.3) is 11.1 Å². The molecule has 2 aromatic rings. The number of rotatable bonds is 1. The summed E-state index contributed by atoms with van der Waals surface area (Å²) in [4.78, 5) is 0. The quantitative estimate of drug-likeness (QED) is 0.771. The highest BCUT2D eigenvalue weighted by Gasteiger charge is 1.98. The molecule has 1 atom stereocenters. The van der Waals surface area contributed by atoms with Crippen LogP contribution in [0.1, 0.15) is 12.5 Å². The van der Waals surface area contributed by atoms with Gasteiger partial charge in [-0.2, -0.15) is 0 Å². The summed E-state index contributed by atoms with van der Waals surface area (Å²) in [5.41, 5.74) is 3.07. The highest BCUT2D eigenvalue weighted by Crippen LogP contribution is 2.22. The molecule has 0 saturated heterocycles. The maximum absolute atomic E-state index is 9.09. The van der Waals surface area contributed by atoms with Crippen LogP contribution in [0.4, 0.5) is 0 Å². The van der Waals surface area contributed by atoms with Crippen LogP contribution in [0.2, 0.25) is 5.02 Å². The Balaban J connectivity index is 2.26. The van der Waals surface area contributed by atoms with Crippen LogP contribution in [-0.4, -0.2) is 11.2 Å². The van der Waals surface area contributed by atoms with Crippen LogP contribution in [0.5, 0.6) is 0 Å². The van der Waals surface area contributed by atoms with Gasteiger partial charge in [-0.1, -0.05) is 47.7 Å². The number of aliphatic hydroxyl groups excluding tert-OH is 1. The van der Waals surface area contributed by atoms with E-state index in [4.69, 9.17) is 16.7 Å². The van der Waals surface area contributed by atoms with Gasteiger partial charge in [-0.05, 0) is 42.3 Å². The lowest BCUT2D eigenvalue weighted by molar-refractivity contribution is 0.253. The van der Waals surface area contributed by atoms with E-state index in [0.29, 0.717) is 0 Å². The van der Waals surface area contributed by atoms with E-state index >= 15 is 0 Å². The molecule has 0 aliphatic heterocycles. The van der Waals surface area contributed by atoms with Gasteiger partial charge >= 0.3 is 0 Å². The molecule has 90 valence electrons. The van der Waals surface area contributed by atoms with Gasteiger partial charge in [0, 0.05) is 10.6 Å². The number of hydrogen-bond donors (Lipinski definition) is 1. The molecule has 0 aromatic heterocycles. The van der Waals surface area contributed by atoms with E-state index < -0.39 is 6.10 Å². The zero-order valence-electron chi connectivity index (χ0n) is 10.0. The summed E-state index contributed by atoms with van der Waals surface area (Å²) in [5.74, 6) is 5.62. The molecule has 18 heavy (non-hydrogen) atoms. The normalized spacial score (nSPS) is 11.5. The predicted molar refractivity (Wildman–Crippen MR) is 75.4 cm³/mol. The molecule has 0 aliphatic rings. The first-order valence-corrected chi connectivity index (χ1v) is 6.08. The van der Waals surface area contributed by atoms with Crippen molar-refractivity contribution in [1.82, 2.24) is 0 Å². The van der Waals surface area contributed by atoms with E-state index in [0.717, 1.165) is 21.7 Å². The van der Waals surface area contributed by atoms with Gasteiger partial charge in [0.25, 0.3) is 0 Å². The lowest BCUT2D eigenvalue weighted by Gasteiger charge is -2.02. The third-order valence-corrected chi connectivity index (χ3v) is 2.70. The zero-order chi connectivity index (χ0) is 13.0. The average Bonchev–Trinajstić information content (AvgIpc) is 2.37. The molecule has 0 saturated carbocycles. The molecule has 2 heteroatoms. The minimum absolute atomic E-state index is 0.599. The van der Waals surface area contributed by atoms with Crippen LogP contribution in [0.15, 0.2) is 48.5 Å². The van der Waals surface area contributed by atoms with E-state index in [1.807, 2.05) is 48.5 Å². The molecular formula is C16H13ClO. The average molecular weight is 257 g/mol. The first kappa shape index (κ1) is 12.7. The lowest BCUT2D eigenvalue weighted by atomic mass is 10.0. The van der Waals surface area contributed by atoms with E-state index in [-0.39, 0.29) is 0 Å². The van der Waals surface area contributed by atoms with Crippen molar-refractivity contribution in [2.45, 2.75) is 13.0 Å². The first-order valence-electron chi connectivity index (χ1n) is 5.71. The molecule has 1 N–H and O–H groups in total. The van der Waals surface area contributed by atoms with Gasteiger partial charge in [0.05, 0.1) is 0 Å². The van der Waals surface area contributed by atoms with Crippen molar-refractivity contribution < 1.29 is 5.11 Å². The van der Waals surface area contributed by atoms with Crippen molar-refractivity contribution >= 4 is 11.6 Å². The summed E-state index contributed by atoms with van der Waals surface area (Å²) in [6.45, 7) is 1.65. The predicted octanol–water partition coefficient (Wildman–Crippen LogP) is 3.74. The largest absolute Gasteiger partial charge is 0.381 e.